The Morgan fingerprint density at radius 2 is 1.93 bits per heavy atom. The maximum absolute atomic E-state index is 4.72. The molecule has 0 aliphatic rings. The first-order chi connectivity index (χ1) is 6.95. The monoisotopic (exact) mass is 189 g/mol. The number of nitrogens with zero attached hydrogens (tertiary/aromatic N) is 2. The van der Waals surface area contributed by atoms with Crippen LogP contribution in [0.1, 0.15) is 11.1 Å². The largest absolute Gasteiger partial charge is 0.364 e. The van der Waals surface area contributed by atoms with Crippen LogP contribution in [-0.4, -0.2) is 10.1 Å². The van der Waals surface area contributed by atoms with E-state index in [0.717, 1.165) is 18.7 Å². The summed E-state index contributed by atoms with van der Waals surface area (Å²) < 4.78 is 4.72. The van der Waals surface area contributed by atoms with Gasteiger partial charge in [-0.1, -0.05) is 5.16 Å². The van der Waals surface area contributed by atoms with E-state index in [-0.39, 0.29) is 0 Å². The molecule has 2 heterocycles. The number of pyridine rings is 1. The van der Waals surface area contributed by atoms with Crippen LogP contribution >= 0.6 is 0 Å². The Morgan fingerprint density at radius 3 is 2.64 bits per heavy atom. The molecule has 0 fully saturated rings. The minimum absolute atomic E-state index is 0.770. The van der Waals surface area contributed by atoms with E-state index in [2.05, 4.69) is 15.5 Å². The van der Waals surface area contributed by atoms with Crippen LogP contribution in [0.2, 0.25) is 0 Å². The molecule has 0 radical (unpaired) electrons. The lowest BCUT2D eigenvalue weighted by atomic mass is 10.2. The molecule has 0 saturated carbocycles. The highest BCUT2D eigenvalue weighted by Crippen LogP contribution is 1.98. The van der Waals surface area contributed by atoms with Gasteiger partial charge in [0.15, 0.2) is 0 Å². The molecule has 2 aromatic rings. The Labute approximate surface area is 82.0 Å². The fourth-order valence-electron chi connectivity index (χ4n) is 1.17. The summed E-state index contributed by atoms with van der Waals surface area (Å²) in [6.07, 6.45) is 6.92. The first-order valence-corrected chi connectivity index (χ1v) is 4.43. The van der Waals surface area contributed by atoms with Crippen molar-refractivity contribution in [1.29, 1.82) is 0 Å². The Morgan fingerprint density at radius 1 is 1.14 bits per heavy atom. The van der Waals surface area contributed by atoms with Crippen molar-refractivity contribution < 1.29 is 4.52 Å². The smallest absolute Gasteiger partial charge is 0.128 e. The Bertz CT molecular complexity index is 358. The Balaban J connectivity index is 1.79. The minimum Gasteiger partial charge on any atom is -0.364 e. The molecule has 0 aliphatic carbocycles. The third-order valence-electron chi connectivity index (χ3n) is 1.89. The van der Waals surface area contributed by atoms with Gasteiger partial charge in [-0.05, 0) is 17.7 Å². The van der Waals surface area contributed by atoms with Crippen LogP contribution in [0.15, 0.2) is 41.5 Å². The van der Waals surface area contributed by atoms with Crippen LogP contribution in [0.4, 0.5) is 0 Å². The van der Waals surface area contributed by atoms with Crippen LogP contribution < -0.4 is 5.32 Å². The molecule has 0 aromatic carbocycles. The zero-order valence-corrected chi connectivity index (χ0v) is 7.68. The number of rotatable bonds is 4. The third-order valence-corrected chi connectivity index (χ3v) is 1.89. The summed E-state index contributed by atoms with van der Waals surface area (Å²) in [5, 5.41) is 6.90. The molecule has 0 amide bonds. The minimum atomic E-state index is 0.770. The summed E-state index contributed by atoms with van der Waals surface area (Å²) in [4.78, 5) is 3.95. The summed E-state index contributed by atoms with van der Waals surface area (Å²) >= 11 is 0. The number of hydrogen-bond acceptors (Lipinski definition) is 4. The molecule has 4 nitrogen and oxygen atoms in total. The van der Waals surface area contributed by atoms with Gasteiger partial charge in [0.2, 0.25) is 0 Å². The van der Waals surface area contributed by atoms with Gasteiger partial charge >= 0.3 is 0 Å². The van der Waals surface area contributed by atoms with Gasteiger partial charge < -0.3 is 9.84 Å². The number of hydrogen-bond donors (Lipinski definition) is 1. The van der Waals surface area contributed by atoms with Gasteiger partial charge in [-0.25, -0.2) is 0 Å². The molecule has 0 atom stereocenters. The fourth-order valence-corrected chi connectivity index (χ4v) is 1.17. The second-order valence-corrected chi connectivity index (χ2v) is 2.99. The van der Waals surface area contributed by atoms with E-state index < -0.39 is 0 Å². The molecule has 0 saturated heterocycles. The van der Waals surface area contributed by atoms with Gasteiger partial charge in [0.1, 0.15) is 6.26 Å². The molecule has 4 heteroatoms. The van der Waals surface area contributed by atoms with Gasteiger partial charge in [0, 0.05) is 31.0 Å². The number of nitrogens with one attached hydrogen (secondary N) is 1. The highest BCUT2D eigenvalue weighted by molar-refractivity contribution is 5.09. The van der Waals surface area contributed by atoms with Crippen molar-refractivity contribution in [3.8, 4) is 0 Å². The zero-order valence-electron chi connectivity index (χ0n) is 7.68. The third kappa shape index (κ3) is 2.40. The van der Waals surface area contributed by atoms with Crippen LogP contribution in [0, 0.1) is 0 Å². The van der Waals surface area contributed by atoms with Crippen molar-refractivity contribution in [2.75, 3.05) is 0 Å². The summed E-state index contributed by atoms with van der Waals surface area (Å²) in [7, 11) is 0. The maximum Gasteiger partial charge on any atom is 0.128 e. The summed E-state index contributed by atoms with van der Waals surface area (Å²) in [5.41, 5.74) is 2.27. The molecule has 0 bridgehead atoms. The summed E-state index contributed by atoms with van der Waals surface area (Å²) in [6.45, 7) is 1.60. The van der Waals surface area contributed by atoms with E-state index in [1.165, 1.54) is 5.56 Å². The highest BCUT2D eigenvalue weighted by atomic mass is 16.5. The van der Waals surface area contributed by atoms with E-state index in [9.17, 15) is 0 Å². The maximum atomic E-state index is 4.72. The molecular formula is C10H11N3O. The normalized spacial score (nSPS) is 10.3. The van der Waals surface area contributed by atoms with Crippen molar-refractivity contribution in [3.63, 3.8) is 0 Å². The number of aromatic nitrogens is 2. The van der Waals surface area contributed by atoms with Gasteiger partial charge in [0.25, 0.3) is 0 Å². The quantitative estimate of drug-likeness (QED) is 0.789. The van der Waals surface area contributed by atoms with Crippen molar-refractivity contribution in [2.24, 2.45) is 0 Å². The molecular weight excluding hydrogens is 178 g/mol. The van der Waals surface area contributed by atoms with Gasteiger partial charge in [-0.3, -0.25) is 4.98 Å². The van der Waals surface area contributed by atoms with Crippen LogP contribution in [0.25, 0.3) is 0 Å². The molecule has 0 spiro atoms. The first-order valence-electron chi connectivity index (χ1n) is 4.43. The molecule has 14 heavy (non-hydrogen) atoms. The predicted octanol–water partition coefficient (Wildman–Crippen LogP) is 1.36. The van der Waals surface area contributed by atoms with Crippen LogP contribution in [-0.2, 0) is 13.1 Å². The average Bonchev–Trinajstić information content (AvgIpc) is 2.72. The fraction of sp³-hybridized carbons (Fsp3) is 0.200. The van der Waals surface area contributed by atoms with E-state index in [4.69, 9.17) is 4.52 Å². The van der Waals surface area contributed by atoms with E-state index in [1.54, 1.807) is 24.9 Å². The van der Waals surface area contributed by atoms with Crippen LogP contribution in [0.5, 0.6) is 0 Å². The van der Waals surface area contributed by atoms with E-state index in [1.807, 2.05) is 12.1 Å². The molecule has 2 aromatic heterocycles. The molecule has 1 N–H and O–H groups in total. The lowest BCUT2D eigenvalue weighted by Crippen LogP contribution is -2.11. The van der Waals surface area contributed by atoms with Crippen molar-refractivity contribution in [2.45, 2.75) is 13.1 Å². The van der Waals surface area contributed by atoms with Crippen molar-refractivity contribution in [1.82, 2.24) is 15.5 Å². The highest BCUT2D eigenvalue weighted by Gasteiger charge is 1.95. The van der Waals surface area contributed by atoms with Gasteiger partial charge in [-0.2, -0.15) is 0 Å². The second-order valence-electron chi connectivity index (χ2n) is 2.99. The Hall–Kier alpha value is -1.68. The molecule has 72 valence electrons. The van der Waals surface area contributed by atoms with Crippen molar-refractivity contribution in [3.05, 3.63) is 48.1 Å². The second kappa shape index (κ2) is 4.53. The van der Waals surface area contributed by atoms with Gasteiger partial charge in [-0.15, -0.1) is 0 Å². The van der Waals surface area contributed by atoms with Crippen LogP contribution in [0.3, 0.4) is 0 Å². The summed E-state index contributed by atoms with van der Waals surface area (Å²) in [6, 6.07) is 3.97. The average molecular weight is 189 g/mol. The standard InChI is InChI=1S/C10H11N3O/c1-3-11-4-2-9(1)5-12-6-10-7-13-14-8-10/h1-4,7-8,12H,5-6H2. The first kappa shape index (κ1) is 8.90. The lowest BCUT2D eigenvalue weighted by molar-refractivity contribution is 0.418. The molecule has 0 aliphatic heterocycles. The Kier molecular flexibility index (Phi) is 2.88. The topological polar surface area (TPSA) is 51.0 Å². The van der Waals surface area contributed by atoms with E-state index >= 15 is 0 Å². The molecule has 0 unspecified atom stereocenters. The lowest BCUT2D eigenvalue weighted by Gasteiger charge is -2.01. The zero-order chi connectivity index (χ0) is 9.64. The van der Waals surface area contributed by atoms with Gasteiger partial charge in [0.05, 0.1) is 6.20 Å². The predicted molar refractivity (Wildman–Crippen MR) is 51.3 cm³/mol. The molecule has 2 rings (SSSR count). The van der Waals surface area contributed by atoms with Crippen molar-refractivity contribution >= 4 is 0 Å². The summed E-state index contributed by atoms with van der Waals surface area (Å²) in [5.74, 6) is 0. The van der Waals surface area contributed by atoms with E-state index in [0.29, 0.717) is 0 Å². The SMILES string of the molecule is c1cc(CNCc2cnoc2)ccn1.